The van der Waals surface area contributed by atoms with Crippen LogP contribution in [0.3, 0.4) is 0 Å². The summed E-state index contributed by atoms with van der Waals surface area (Å²) >= 11 is 0. The number of rotatable bonds is 3. The summed E-state index contributed by atoms with van der Waals surface area (Å²) in [5.74, 6) is 0.767. The van der Waals surface area contributed by atoms with E-state index in [1.165, 1.54) is 6.42 Å². The average Bonchev–Trinajstić information content (AvgIpc) is 3.25. The standard InChI is InChI=1S/C16H25N3O3S/c20-23(21,18-10-4-9-17-8-1-5-14(17)13-18)19-11-2-6-15(19)16-7-3-12-22-16/h3,7,12,14-15H,1-2,4-6,8-11,13H2/t14-,15-/m1/s1. The van der Waals surface area contributed by atoms with E-state index in [9.17, 15) is 8.42 Å². The smallest absolute Gasteiger partial charge is 0.282 e. The van der Waals surface area contributed by atoms with Gasteiger partial charge in [0.05, 0.1) is 12.3 Å². The Bertz CT molecular complexity index is 631. The molecular formula is C16H25N3O3S. The van der Waals surface area contributed by atoms with E-state index in [1.54, 1.807) is 14.9 Å². The van der Waals surface area contributed by atoms with Gasteiger partial charge in [0.25, 0.3) is 10.2 Å². The molecule has 0 aliphatic carbocycles. The van der Waals surface area contributed by atoms with Crippen LogP contribution in [0.15, 0.2) is 22.8 Å². The Morgan fingerprint density at radius 3 is 2.70 bits per heavy atom. The fourth-order valence-electron chi connectivity index (χ4n) is 4.31. The number of nitrogens with zero attached hydrogens (tertiary/aromatic N) is 3. The first-order valence-electron chi connectivity index (χ1n) is 8.70. The molecule has 128 valence electrons. The van der Waals surface area contributed by atoms with E-state index in [4.69, 9.17) is 4.42 Å². The Labute approximate surface area is 138 Å². The van der Waals surface area contributed by atoms with Crippen LogP contribution in [-0.2, 0) is 10.2 Å². The van der Waals surface area contributed by atoms with Gasteiger partial charge in [0, 0.05) is 25.7 Å². The van der Waals surface area contributed by atoms with Crippen LogP contribution in [-0.4, -0.2) is 60.7 Å². The highest BCUT2D eigenvalue weighted by molar-refractivity contribution is 7.86. The van der Waals surface area contributed by atoms with Gasteiger partial charge >= 0.3 is 0 Å². The van der Waals surface area contributed by atoms with Gasteiger partial charge in [-0.25, -0.2) is 0 Å². The van der Waals surface area contributed by atoms with Crippen molar-refractivity contribution in [2.45, 2.75) is 44.2 Å². The zero-order chi connectivity index (χ0) is 15.9. The van der Waals surface area contributed by atoms with Gasteiger partial charge in [0.2, 0.25) is 0 Å². The van der Waals surface area contributed by atoms with Crippen LogP contribution in [0, 0.1) is 0 Å². The van der Waals surface area contributed by atoms with Crippen molar-refractivity contribution in [3.8, 4) is 0 Å². The van der Waals surface area contributed by atoms with Gasteiger partial charge < -0.3 is 4.42 Å². The lowest BCUT2D eigenvalue weighted by Crippen LogP contribution is -2.46. The zero-order valence-corrected chi connectivity index (χ0v) is 14.2. The maximum atomic E-state index is 13.2. The van der Waals surface area contributed by atoms with Crippen molar-refractivity contribution in [2.24, 2.45) is 0 Å². The van der Waals surface area contributed by atoms with Crippen molar-refractivity contribution < 1.29 is 12.8 Å². The molecule has 0 N–H and O–H groups in total. The molecule has 0 unspecified atom stereocenters. The van der Waals surface area contributed by atoms with Gasteiger partial charge in [0.1, 0.15) is 5.76 Å². The van der Waals surface area contributed by atoms with Crippen molar-refractivity contribution >= 4 is 10.2 Å². The molecule has 1 aromatic heterocycles. The molecule has 7 heteroatoms. The summed E-state index contributed by atoms with van der Waals surface area (Å²) in [6.45, 7) is 4.02. The van der Waals surface area contributed by atoms with Gasteiger partial charge in [-0.3, -0.25) is 4.90 Å². The summed E-state index contributed by atoms with van der Waals surface area (Å²) in [5, 5.41) is 0. The Kier molecular flexibility index (Phi) is 4.21. The first kappa shape index (κ1) is 15.6. The summed E-state index contributed by atoms with van der Waals surface area (Å²) in [7, 11) is -3.42. The van der Waals surface area contributed by atoms with Crippen molar-refractivity contribution in [2.75, 3.05) is 32.7 Å². The Morgan fingerprint density at radius 2 is 1.87 bits per heavy atom. The number of hydrogen-bond acceptors (Lipinski definition) is 4. The minimum absolute atomic E-state index is 0.141. The van der Waals surface area contributed by atoms with Crippen LogP contribution in [0.5, 0.6) is 0 Å². The maximum absolute atomic E-state index is 13.2. The zero-order valence-electron chi connectivity index (χ0n) is 13.4. The molecule has 3 saturated heterocycles. The van der Waals surface area contributed by atoms with Crippen molar-refractivity contribution in [3.05, 3.63) is 24.2 Å². The molecule has 6 nitrogen and oxygen atoms in total. The van der Waals surface area contributed by atoms with Gasteiger partial charge in [-0.15, -0.1) is 0 Å². The molecule has 23 heavy (non-hydrogen) atoms. The van der Waals surface area contributed by atoms with Crippen LogP contribution in [0.2, 0.25) is 0 Å². The highest BCUT2D eigenvalue weighted by Crippen LogP contribution is 2.36. The van der Waals surface area contributed by atoms with Crippen LogP contribution in [0.1, 0.15) is 43.9 Å². The van der Waals surface area contributed by atoms with E-state index >= 15 is 0 Å². The fourth-order valence-corrected chi connectivity index (χ4v) is 6.22. The third-order valence-corrected chi connectivity index (χ3v) is 7.48. The number of fused-ring (bicyclic) bond motifs is 1. The largest absolute Gasteiger partial charge is 0.468 e. The minimum atomic E-state index is -3.42. The van der Waals surface area contributed by atoms with E-state index in [1.807, 2.05) is 12.1 Å². The Morgan fingerprint density at radius 1 is 1.04 bits per heavy atom. The molecule has 2 atom stereocenters. The van der Waals surface area contributed by atoms with Crippen LogP contribution < -0.4 is 0 Å². The topological polar surface area (TPSA) is 57.0 Å². The summed E-state index contributed by atoms with van der Waals surface area (Å²) < 4.78 is 35.3. The predicted molar refractivity (Wildman–Crippen MR) is 87.1 cm³/mol. The second-order valence-corrected chi connectivity index (χ2v) is 8.72. The van der Waals surface area contributed by atoms with Crippen LogP contribution in [0.4, 0.5) is 0 Å². The second kappa shape index (κ2) is 6.20. The third-order valence-electron chi connectivity index (χ3n) is 5.46. The molecule has 0 aromatic carbocycles. The molecule has 0 bridgehead atoms. The lowest BCUT2D eigenvalue weighted by molar-refractivity contribution is 0.249. The molecule has 0 saturated carbocycles. The van der Waals surface area contributed by atoms with Crippen LogP contribution in [0.25, 0.3) is 0 Å². The van der Waals surface area contributed by atoms with Crippen molar-refractivity contribution in [1.29, 1.82) is 0 Å². The van der Waals surface area contributed by atoms with Crippen LogP contribution >= 0.6 is 0 Å². The molecule has 0 amide bonds. The Balaban J connectivity index is 1.56. The molecule has 0 spiro atoms. The molecule has 1 aromatic rings. The van der Waals surface area contributed by atoms with Gasteiger partial charge in [-0.2, -0.15) is 17.0 Å². The molecule has 4 heterocycles. The lowest BCUT2D eigenvalue weighted by Gasteiger charge is -2.31. The normalized spacial score (nSPS) is 31.3. The van der Waals surface area contributed by atoms with Crippen molar-refractivity contribution in [1.82, 2.24) is 13.5 Å². The summed E-state index contributed by atoms with van der Waals surface area (Å²) in [6.07, 6.45) is 6.60. The summed E-state index contributed by atoms with van der Waals surface area (Å²) in [5.41, 5.74) is 0. The minimum Gasteiger partial charge on any atom is -0.468 e. The first-order valence-corrected chi connectivity index (χ1v) is 10.1. The van der Waals surface area contributed by atoms with E-state index in [2.05, 4.69) is 4.90 Å². The molecular weight excluding hydrogens is 314 g/mol. The second-order valence-electron chi connectivity index (χ2n) is 6.84. The van der Waals surface area contributed by atoms with E-state index in [0.29, 0.717) is 25.7 Å². The molecule has 4 rings (SSSR count). The first-order chi connectivity index (χ1) is 11.2. The highest BCUT2D eigenvalue weighted by Gasteiger charge is 2.42. The SMILES string of the molecule is O=S(=O)(N1CCCN2CCC[C@@H]2C1)N1CCC[C@@H]1c1ccco1. The van der Waals surface area contributed by atoms with E-state index in [0.717, 1.165) is 44.5 Å². The average molecular weight is 339 g/mol. The Hall–Kier alpha value is -0.890. The molecule has 3 aliphatic rings. The highest BCUT2D eigenvalue weighted by atomic mass is 32.2. The number of furan rings is 1. The lowest BCUT2D eigenvalue weighted by atomic mass is 10.2. The van der Waals surface area contributed by atoms with E-state index in [-0.39, 0.29) is 6.04 Å². The number of hydrogen-bond donors (Lipinski definition) is 0. The van der Waals surface area contributed by atoms with Gasteiger partial charge in [-0.05, 0) is 57.3 Å². The summed E-state index contributed by atoms with van der Waals surface area (Å²) in [6, 6.07) is 3.98. The van der Waals surface area contributed by atoms with Gasteiger partial charge in [0.15, 0.2) is 0 Å². The molecule has 0 radical (unpaired) electrons. The quantitative estimate of drug-likeness (QED) is 0.843. The third kappa shape index (κ3) is 2.84. The molecule has 3 aliphatic heterocycles. The maximum Gasteiger partial charge on any atom is 0.282 e. The summed E-state index contributed by atoms with van der Waals surface area (Å²) in [4.78, 5) is 2.46. The van der Waals surface area contributed by atoms with Crippen molar-refractivity contribution in [3.63, 3.8) is 0 Å². The predicted octanol–water partition coefficient (Wildman–Crippen LogP) is 1.83. The van der Waals surface area contributed by atoms with E-state index < -0.39 is 10.2 Å². The molecule has 3 fully saturated rings. The fraction of sp³-hybridized carbons (Fsp3) is 0.750. The van der Waals surface area contributed by atoms with Gasteiger partial charge in [-0.1, -0.05) is 0 Å². The monoisotopic (exact) mass is 339 g/mol.